The van der Waals surface area contributed by atoms with Crippen LogP contribution in [0.1, 0.15) is 11.1 Å². The predicted molar refractivity (Wildman–Crippen MR) is 98.6 cm³/mol. The van der Waals surface area contributed by atoms with Crippen LogP contribution in [0.3, 0.4) is 0 Å². The van der Waals surface area contributed by atoms with Gasteiger partial charge in [0.05, 0.1) is 21.0 Å². The van der Waals surface area contributed by atoms with Gasteiger partial charge in [-0.2, -0.15) is 18.4 Å². The molecule has 3 aromatic rings. The number of amides is 1. The number of fused-ring (bicyclic) bond motifs is 1. The van der Waals surface area contributed by atoms with E-state index in [9.17, 15) is 32.8 Å². The minimum Gasteiger partial charge on any atom is -0.325 e. The Morgan fingerprint density at radius 1 is 1.21 bits per heavy atom. The number of thiophene rings is 1. The number of anilines is 1. The van der Waals surface area contributed by atoms with Crippen LogP contribution in [0.25, 0.3) is 10.2 Å². The third-order valence-electron chi connectivity index (χ3n) is 3.49. The molecule has 0 aliphatic carbocycles. The van der Waals surface area contributed by atoms with Gasteiger partial charge in [0.25, 0.3) is 5.56 Å². The zero-order chi connectivity index (χ0) is 20.5. The number of nitriles is 1. The van der Waals surface area contributed by atoms with Crippen molar-refractivity contribution >= 4 is 44.9 Å². The lowest BCUT2D eigenvalue weighted by Gasteiger charge is -2.08. The number of nitrogens with zero attached hydrogens (tertiary/aromatic N) is 1. The highest BCUT2D eigenvalue weighted by Crippen LogP contribution is 2.35. The van der Waals surface area contributed by atoms with E-state index < -0.39 is 28.9 Å². The monoisotopic (exact) mass is 426 g/mol. The lowest BCUT2D eigenvalue weighted by molar-refractivity contribution is -0.137. The van der Waals surface area contributed by atoms with Gasteiger partial charge in [-0.3, -0.25) is 14.6 Å². The molecule has 144 valence electrons. The average Bonchev–Trinajstić information content (AvgIpc) is 2.97. The van der Waals surface area contributed by atoms with Crippen molar-refractivity contribution in [3.63, 3.8) is 0 Å². The Labute approximate surface area is 162 Å². The number of nitrogens with one attached hydrogen (secondary N) is 3. The Morgan fingerprint density at radius 3 is 2.50 bits per heavy atom. The van der Waals surface area contributed by atoms with Crippen molar-refractivity contribution < 1.29 is 18.0 Å². The first kappa shape index (κ1) is 19.7. The summed E-state index contributed by atoms with van der Waals surface area (Å²) in [4.78, 5) is 39.7. The van der Waals surface area contributed by atoms with E-state index in [1.165, 1.54) is 0 Å². The maximum absolute atomic E-state index is 12.5. The van der Waals surface area contributed by atoms with Crippen molar-refractivity contribution in [1.29, 1.82) is 5.26 Å². The van der Waals surface area contributed by atoms with E-state index in [4.69, 9.17) is 0 Å². The number of aromatic amines is 2. The predicted octanol–water partition coefficient (Wildman–Crippen LogP) is 2.90. The summed E-state index contributed by atoms with van der Waals surface area (Å²) in [7, 11) is 0. The summed E-state index contributed by atoms with van der Waals surface area (Å²) in [6, 6.07) is 5.87. The van der Waals surface area contributed by atoms with Gasteiger partial charge in [-0.05, 0) is 24.3 Å². The van der Waals surface area contributed by atoms with E-state index in [2.05, 4.69) is 15.3 Å². The van der Waals surface area contributed by atoms with E-state index in [1.807, 2.05) is 6.07 Å². The third-order valence-corrected chi connectivity index (χ3v) is 5.95. The molecule has 0 atom stereocenters. The summed E-state index contributed by atoms with van der Waals surface area (Å²) in [5.74, 6) is -0.654. The quantitative estimate of drug-likeness (QED) is 0.555. The molecule has 3 N–H and O–H groups in total. The minimum atomic E-state index is -4.47. The Bertz CT molecular complexity index is 1200. The van der Waals surface area contributed by atoms with Gasteiger partial charge in [0.1, 0.15) is 16.3 Å². The molecule has 1 amide bonds. The molecule has 0 saturated heterocycles. The second kappa shape index (κ2) is 7.53. The van der Waals surface area contributed by atoms with Gasteiger partial charge in [0.2, 0.25) is 5.91 Å². The smallest absolute Gasteiger partial charge is 0.325 e. The average molecular weight is 426 g/mol. The summed E-state index contributed by atoms with van der Waals surface area (Å²) in [5.41, 5.74) is -1.84. The molecule has 0 aliphatic rings. The second-order valence-electron chi connectivity index (χ2n) is 5.40. The standard InChI is InChI=1S/C16H9F3N4O3S2/c17-16(18,19)7-1-3-8(4-2-7)21-10(24)6-27-14-9(5-20)11-12(28-14)13(25)23-15(26)22-11/h1-4H,6H2,(H,21,24)(H2,22,23,25,26). The van der Waals surface area contributed by atoms with Crippen LogP contribution in [0, 0.1) is 11.3 Å². The van der Waals surface area contributed by atoms with Crippen LogP contribution in [-0.4, -0.2) is 21.6 Å². The van der Waals surface area contributed by atoms with Gasteiger partial charge < -0.3 is 10.3 Å². The Morgan fingerprint density at radius 2 is 1.89 bits per heavy atom. The second-order valence-corrected chi connectivity index (χ2v) is 7.67. The number of halogens is 3. The van der Waals surface area contributed by atoms with Gasteiger partial charge in [0, 0.05) is 5.69 Å². The van der Waals surface area contributed by atoms with E-state index in [-0.39, 0.29) is 27.2 Å². The van der Waals surface area contributed by atoms with Crippen molar-refractivity contribution in [2.45, 2.75) is 10.4 Å². The number of benzene rings is 1. The van der Waals surface area contributed by atoms with Crippen LogP contribution >= 0.6 is 23.1 Å². The number of carbonyl (C=O) groups excluding carboxylic acids is 1. The summed E-state index contributed by atoms with van der Waals surface area (Å²) >= 11 is 1.93. The minimum absolute atomic E-state index is 0.0792. The first-order valence-corrected chi connectivity index (χ1v) is 9.28. The molecule has 0 saturated carbocycles. The van der Waals surface area contributed by atoms with Gasteiger partial charge >= 0.3 is 11.9 Å². The first-order valence-electron chi connectivity index (χ1n) is 7.48. The molecule has 0 radical (unpaired) electrons. The molecular formula is C16H9F3N4O3S2. The van der Waals surface area contributed by atoms with Crippen LogP contribution in [0.4, 0.5) is 18.9 Å². The zero-order valence-electron chi connectivity index (χ0n) is 13.6. The topological polar surface area (TPSA) is 119 Å². The number of carbonyl (C=O) groups is 1. The van der Waals surface area contributed by atoms with Crippen molar-refractivity contribution in [3.8, 4) is 6.07 Å². The van der Waals surface area contributed by atoms with Gasteiger partial charge in [-0.1, -0.05) is 0 Å². The zero-order valence-corrected chi connectivity index (χ0v) is 15.3. The molecule has 0 bridgehead atoms. The van der Waals surface area contributed by atoms with Crippen molar-refractivity contribution in [1.82, 2.24) is 9.97 Å². The molecule has 0 fully saturated rings. The maximum Gasteiger partial charge on any atom is 0.416 e. The molecule has 0 aliphatic heterocycles. The van der Waals surface area contributed by atoms with Crippen LogP contribution in [0.5, 0.6) is 0 Å². The van der Waals surface area contributed by atoms with Crippen molar-refractivity contribution in [3.05, 3.63) is 56.2 Å². The van der Waals surface area contributed by atoms with Gasteiger partial charge in [-0.15, -0.1) is 23.1 Å². The Kier molecular flexibility index (Phi) is 5.30. The highest BCUT2D eigenvalue weighted by Gasteiger charge is 2.30. The lowest BCUT2D eigenvalue weighted by Crippen LogP contribution is -2.20. The van der Waals surface area contributed by atoms with Crippen LogP contribution in [-0.2, 0) is 11.0 Å². The molecule has 2 aromatic heterocycles. The van der Waals surface area contributed by atoms with E-state index in [1.54, 1.807) is 0 Å². The number of hydrogen-bond acceptors (Lipinski definition) is 6. The summed E-state index contributed by atoms with van der Waals surface area (Å²) in [6.45, 7) is 0. The molecule has 0 unspecified atom stereocenters. The SMILES string of the molecule is N#Cc1c(SCC(=O)Nc2ccc(C(F)(F)F)cc2)sc2c(=O)[nH]c(=O)[nH]c12. The molecule has 28 heavy (non-hydrogen) atoms. The number of rotatable bonds is 4. The lowest BCUT2D eigenvalue weighted by atomic mass is 10.2. The number of thioether (sulfide) groups is 1. The highest BCUT2D eigenvalue weighted by molar-refractivity contribution is 8.02. The van der Waals surface area contributed by atoms with E-state index in [0.717, 1.165) is 47.4 Å². The fraction of sp³-hybridized carbons (Fsp3) is 0.125. The number of hydrogen-bond donors (Lipinski definition) is 3. The first-order chi connectivity index (χ1) is 13.2. The summed E-state index contributed by atoms with van der Waals surface area (Å²) in [5, 5.41) is 11.7. The normalized spacial score (nSPS) is 11.4. The maximum atomic E-state index is 12.5. The summed E-state index contributed by atoms with van der Waals surface area (Å²) in [6.07, 6.45) is -4.47. The van der Waals surface area contributed by atoms with Crippen molar-refractivity contribution in [2.24, 2.45) is 0 Å². The summed E-state index contributed by atoms with van der Waals surface area (Å²) < 4.78 is 38.1. The third kappa shape index (κ3) is 4.10. The molecule has 7 nitrogen and oxygen atoms in total. The highest BCUT2D eigenvalue weighted by atomic mass is 32.2. The van der Waals surface area contributed by atoms with Crippen LogP contribution in [0.15, 0.2) is 38.1 Å². The molecule has 12 heteroatoms. The van der Waals surface area contributed by atoms with Crippen LogP contribution in [0.2, 0.25) is 0 Å². The molecule has 3 rings (SSSR count). The molecule has 1 aromatic carbocycles. The van der Waals surface area contributed by atoms with Crippen LogP contribution < -0.4 is 16.6 Å². The van der Waals surface area contributed by atoms with Gasteiger partial charge in [0.15, 0.2) is 0 Å². The Balaban J connectivity index is 1.73. The molecular weight excluding hydrogens is 417 g/mol. The largest absolute Gasteiger partial charge is 0.416 e. The Hall–Kier alpha value is -3.04. The van der Waals surface area contributed by atoms with E-state index >= 15 is 0 Å². The molecule has 0 spiro atoms. The number of H-pyrrole nitrogens is 2. The number of alkyl halides is 3. The fourth-order valence-electron chi connectivity index (χ4n) is 2.27. The number of aromatic nitrogens is 2. The van der Waals surface area contributed by atoms with Crippen molar-refractivity contribution in [2.75, 3.05) is 11.1 Å². The molecule has 2 heterocycles. The van der Waals surface area contributed by atoms with Gasteiger partial charge in [-0.25, -0.2) is 4.79 Å². The fourth-order valence-corrected chi connectivity index (χ4v) is 4.39. The van der Waals surface area contributed by atoms with E-state index in [0.29, 0.717) is 4.21 Å².